The highest BCUT2D eigenvalue weighted by atomic mass is 32.1. The summed E-state index contributed by atoms with van der Waals surface area (Å²) in [7, 11) is 0. The summed E-state index contributed by atoms with van der Waals surface area (Å²) in [6.07, 6.45) is 4.47. The smallest absolute Gasteiger partial charge is 0.148 e. The number of rotatable bonds is 3. The molecule has 0 unspecified atom stereocenters. The Hall–Kier alpha value is -1.75. The van der Waals surface area contributed by atoms with Crippen LogP contribution in [0.4, 0.5) is 0 Å². The minimum Gasteiger partial charge on any atom is -0.389 e. The minimum atomic E-state index is 0.350. The highest BCUT2D eigenvalue weighted by Crippen LogP contribution is 2.15. The average molecular weight is 246 g/mol. The van der Waals surface area contributed by atoms with Crippen LogP contribution in [0.5, 0.6) is 0 Å². The van der Waals surface area contributed by atoms with Gasteiger partial charge in [0.2, 0.25) is 0 Å². The van der Waals surface area contributed by atoms with E-state index in [-0.39, 0.29) is 0 Å². The molecule has 0 radical (unpaired) electrons. The number of aromatic nitrogens is 3. The number of imidazole rings is 1. The third-order valence-corrected chi connectivity index (χ3v) is 2.76. The predicted molar refractivity (Wildman–Crippen MR) is 71.4 cm³/mol. The molecule has 0 atom stereocenters. The van der Waals surface area contributed by atoms with Gasteiger partial charge in [0.05, 0.1) is 5.56 Å². The van der Waals surface area contributed by atoms with Crippen molar-refractivity contribution in [2.75, 3.05) is 0 Å². The summed E-state index contributed by atoms with van der Waals surface area (Å²) in [5.41, 5.74) is 7.42. The van der Waals surface area contributed by atoms with Crippen LogP contribution in [0.3, 0.4) is 0 Å². The van der Waals surface area contributed by atoms with Crippen molar-refractivity contribution in [2.24, 2.45) is 5.73 Å². The lowest BCUT2D eigenvalue weighted by molar-refractivity contribution is 0.861. The Labute approximate surface area is 106 Å². The van der Waals surface area contributed by atoms with Gasteiger partial charge in [-0.3, -0.25) is 4.57 Å². The lowest BCUT2D eigenvalue weighted by Crippen LogP contribution is -2.16. The number of nitrogens with zero attached hydrogens (tertiary/aromatic N) is 3. The van der Waals surface area contributed by atoms with E-state index in [1.807, 2.05) is 29.8 Å². The maximum absolute atomic E-state index is 5.72. The molecule has 0 aliphatic heterocycles. The Balaban J connectivity index is 2.65. The number of hydrogen-bond acceptors (Lipinski definition) is 3. The second-order valence-electron chi connectivity index (χ2n) is 3.76. The van der Waals surface area contributed by atoms with Gasteiger partial charge in [0.1, 0.15) is 16.6 Å². The maximum Gasteiger partial charge on any atom is 0.148 e. The zero-order chi connectivity index (χ0) is 12.4. The summed E-state index contributed by atoms with van der Waals surface area (Å²) in [6, 6.07) is 3.81. The molecule has 0 spiro atoms. The summed E-state index contributed by atoms with van der Waals surface area (Å²) in [5, 5.41) is 0. The van der Waals surface area contributed by atoms with Gasteiger partial charge in [0.15, 0.2) is 0 Å². The summed E-state index contributed by atoms with van der Waals surface area (Å²) >= 11 is 5.05. The zero-order valence-corrected chi connectivity index (χ0v) is 10.7. The van der Waals surface area contributed by atoms with E-state index in [0.717, 1.165) is 29.3 Å². The second-order valence-corrected chi connectivity index (χ2v) is 4.19. The molecule has 0 saturated heterocycles. The molecule has 4 nitrogen and oxygen atoms in total. The summed E-state index contributed by atoms with van der Waals surface area (Å²) < 4.78 is 1.93. The Morgan fingerprint density at radius 1 is 1.47 bits per heavy atom. The molecule has 0 aromatic carbocycles. The molecule has 0 fully saturated rings. The van der Waals surface area contributed by atoms with Crippen LogP contribution in [-0.2, 0) is 6.42 Å². The first-order valence-corrected chi connectivity index (χ1v) is 5.84. The second kappa shape index (κ2) is 4.63. The number of thiocarbonyl (C=S) groups is 1. The topological polar surface area (TPSA) is 56.7 Å². The summed E-state index contributed by atoms with van der Waals surface area (Å²) in [4.78, 5) is 9.13. The molecular formula is C12H14N4S. The molecule has 0 saturated carbocycles. The van der Waals surface area contributed by atoms with Crippen LogP contribution in [0, 0.1) is 6.92 Å². The molecule has 17 heavy (non-hydrogen) atoms. The van der Waals surface area contributed by atoms with Gasteiger partial charge in [-0.2, -0.15) is 0 Å². The van der Waals surface area contributed by atoms with Gasteiger partial charge < -0.3 is 5.73 Å². The van der Waals surface area contributed by atoms with Crippen LogP contribution < -0.4 is 5.73 Å². The van der Waals surface area contributed by atoms with E-state index in [2.05, 4.69) is 16.9 Å². The van der Waals surface area contributed by atoms with Crippen molar-refractivity contribution in [2.45, 2.75) is 20.3 Å². The molecule has 0 aliphatic rings. The first kappa shape index (κ1) is 11.7. The number of aryl methyl sites for hydroxylation is 2. The molecule has 2 aromatic heterocycles. The van der Waals surface area contributed by atoms with Crippen molar-refractivity contribution in [1.29, 1.82) is 0 Å². The largest absolute Gasteiger partial charge is 0.389 e. The van der Waals surface area contributed by atoms with Crippen LogP contribution in [0.15, 0.2) is 24.5 Å². The van der Waals surface area contributed by atoms with Crippen LogP contribution in [0.1, 0.15) is 24.0 Å². The molecule has 2 rings (SSSR count). The van der Waals surface area contributed by atoms with E-state index in [1.165, 1.54) is 0 Å². The minimum absolute atomic E-state index is 0.350. The van der Waals surface area contributed by atoms with Crippen molar-refractivity contribution < 1.29 is 0 Å². The molecule has 0 amide bonds. The van der Waals surface area contributed by atoms with Gasteiger partial charge in [-0.05, 0) is 19.1 Å². The van der Waals surface area contributed by atoms with Crippen molar-refractivity contribution >= 4 is 17.2 Å². The normalized spacial score (nSPS) is 10.5. The Kier molecular flexibility index (Phi) is 3.19. The van der Waals surface area contributed by atoms with Crippen molar-refractivity contribution in [1.82, 2.24) is 14.5 Å². The van der Waals surface area contributed by atoms with E-state index in [0.29, 0.717) is 4.99 Å². The van der Waals surface area contributed by atoms with Crippen molar-refractivity contribution in [3.8, 4) is 5.82 Å². The molecule has 5 heteroatoms. The standard InChI is InChI=1S/C12H14N4S/c1-3-10-14-6-7-16(10)12-9(11(13)17)5-4-8(2)15-12/h4-7H,3H2,1-2H3,(H2,13,17). The predicted octanol–water partition coefficient (Wildman–Crippen LogP) is 1.77. The zero-order valence-electron chi connectivity index (χ0n) is 9.84. The molecule has 88 valence electrons. The number of hydrogen-bond donors (Lipinski definition) is 1. The van der Waals surface area contributed by atoms with Crippen LogP contribution in [0.2, 0.25) is 0 Å². The molecule has 0 aliphatic carbocycles. The van der Waals surface area contributed by atoms with Gasteiger partial charge in [0, 0.05) is 24.5 Å². The van der Waals surface area contributed by atoms with Crippen molar-refractivity contribution in [3.63, 3.8) is 0 Å². The van der Waals surface area contributed by atoms with Crippen LogP contribution in [0.25, 0.3) is 5.82 Å². The van der Waals surface area contributed by atoms with Gasteiger partial charge in [-0.15, -0.1) is 0 Å². The first-order chi connectivity index (χ1) is 8.13. The first-order valence-electron chi connectivity index (χ1n) is 5.43. The van der Waals surface area contributed by atoms with E-state index in [9.17, 15) is 0 Å². The Morgan fingerprint density at radius 2 is 2.24 bits per heavy atom. The Morgan fingerprint density at radius 3 is 2.88 bits per heavy atom. The lowest BCUT2D eigenvalue weighted by Gasteiger charge is -2.11. The quantitative estimate of drug-likeness (QED) is 0.839. The molecule has 2 N–H and O–H groups in total. The summed E-state index contributed by atoms with van der Waals surface area (Å²) in [5.74, 6) is 1.70. The van der Waals surface area contributed by atoms with Gasteiger partial charge in [-0.25, -0.2) is 9.97 Å². The molecule has 2 heterocycles. The fraction of sp³-hybridized carbons (Fsp3) is 0.250. The van der Waals surface area contributed by atoms with Gasteiger partial charge >= 0.3 is 0 Å². The average Bonchev–Trinajstić information content (AvgIpc) is 2.76. The van der Waals surface area contributed by atoms with Crippen LogP contribution in [-0.4, -0.2) is 19.5 Å². The molecular weight excluding hydrogens is 232 g/mol. The van der Waals surface area contributed by atoms with E-state index in [4.69, 9.17) is 18.0 Å². The SMILES string of the molecule is CCc1nccn1-c1nc(C)ccc1C(N)=S. The maximum atomic E-state index is 5.72. The van der Waals surface area contributed by atoms with Gasteiger partial charge in [-0.1, -0.05) is 19.1 Å². The molecule has 2 aromatic rings. The summed E-state index contributed by atoms with van der Waals surface area (Å²) in [6.45, 7) is 3.99. The fourth-order valence-electron chi connectivity index (χ4n) is 1.71. The third-order valence-electron chi connectivity index (χ3n) is 2.54. The van der Waals surface area contributed by atoms with E-state index >= 15 is 0 Å². The van der Waals surface area contributed by atoms with Gasteiger partial charge in [0.25, 0.3) is 0 Å². The number of nitrogens with two attached hydrogens (primary N) is 1. The lowest BCUT2D eigenvalue weighted by atomic mass is 10.2. The highest BCUT2D eigenvalue weighted by molar-refractivity contribution is 7.80. The number of pyridine rings is 1. The fourth-order valence-corrected chi connectivity index (χ4v) is 1.87. The highest BCUT2D eigenvalue weighted by Gasteiger charge is 2.11. The molecule has 0 bridgehead atoms. The third kappa shape index (κ3) is 2.19. The van der Waals surface area contributed by atoms with E-state index in [1.54, 1.807) is 6.20 Å². The Bertz CT molecular complexity index is 559. The van der Waals surface area contributed by atoms with Crippen LogP contribution >= 0.6 is 12.2 Å². The van der Waals surface area contributed by atoms with E-state index < -0.39 is 0 Å². The van der Waals surface area contributed by atoms with Crippen molar-refractivity contribution in [3.05, 3.63) is 41.6 Å². The monoisotopic (exact) mass is 246 g/mol.